The summed E-state index contributed by atoms with van der Waals surface area (Å²) < 4.78 is 5.50. The van der Waals surface area contributed by atoms with E-state index < -0.39 is 0 Å². The van der Waals surface area contributed by atoms with Gasteiger partial charge >= 0.3 is 0 Å². The first-order chi connectivity index (χ1) is 12.9. The number of hydrogen-bond donors (Lipinski definition) is 3. The molecular weight excluding hydrogens is 393 g/mol. The topological polar surface area (TPSA) is 104 Å². The fourth-order valence-electron chi connectivity index (χ4n) is 2.15. The van der Waals surface area contributed by atoms with Crippen LogP contribution in [0.1, 0.15) is 29.7 Å². The van der Waals surface area contributed by atoms with Crippen LogP contribution in [-0.4, -0.2) is 33.9 Å². The van der Waals surface area contributed by atoms with Crippen molar-refractivity contribution in [3.63, 3.8) is 0 Å². The van der Waals surface area contributed by atoms with Crippen molar-refractivity contribution in [1.82, 2.24) is 10.4 Å². The minimum Gasteiger partial charge on any atom is -0.505 e. The lowest BCUT2D eigenvalue weighted by atomic mass is 10.1. The maximum absolute atomic E-state index is 11.8. The van der Waals surface area contributed by atoms with E-state index in [1.165, 1.54) is 12.4 Å². The number of carbonyl (C=O) groups is 1. The summed E-state index contributed by atoms with van der Waals surface area (Å²) in [5.74, 6) is 0.0974. The molecule has 2 aromatic rings. The van der Waals surface area contributed by atoms with Gasteiger partial charge in [-0.2, -0.15) is 5.10 Å². The fourth-order valence-corrected chi connectivity index (χ4v) is 2.62. The smallest absolute Gasteiger partial charge is 0.240 e. The second kappa shape index (κ2) is 10.1. The van der Waals surface area contributed by atoms with Crippen LogP contribution < -0.4 is 10.2 Å². The molecule has 144 valence electrons. The molecule has 0 aliphatic rings. The molecule has 0 spiro atoms. The molecule has 0 aliphatic carbocycles. The monoisotopic (exact) mass is 411 g/mol. The number of aromatic nitrogens is 1. The Hall–Kier alpha value is -2.35. The third kappa shape index (κ3) is 6.09. The molecule has 7 nitrogen and oxygen atoms in total. The van der Waals surface area contributed by atoms with Crippen molar-refractivity contribution in [2.24, 2.45) is 5.10 Å². The summed E-state index contributed by atoms with van der Waals surface area (Å²) in [7, 11) is 0. The zero-order valence-electron chi connectivity index (χ0n) is 14.6. The van der Waals surface area contributed by atoms with Gasteiger partial charge in [-0.1, -0.05) is 23.2 Å². The molecule has 0 aliphatic heterocycles. The Kier molecular flexibility index (Phi) is 7.84. The van der Waals surface area contributed by atoms with Crippen LogP contribution in [0, 0.1) is 6.92 Å². The van der Waals surface area contributed by atoms with Crippen LogP contribution in [0.5, 0.6) is 11.5 Å². The normalized spacial score (nSPS) is 11.0. The summed E-state index contributed by atoms with van der Waals surface area (Å²) in [6.45, 7) is 1.62. The largest absolute Gasteiger partial charge is 0.505 e. The van der Waals surface area contributed by atoms with Gasteiger partial charge in [-0.15, -0.1) is 0 Å². The second-order valence-electron chi connectivity index (χ2n) is 5.61. The molecule has 1 heterocycles. The number of benzene rings is 1. The van der Waals surface area contributed by atoms with E-state index in [0.29, 0.717) is 45.6 Å². The van der Waals surface area contributed by atoms with Crippen molar-refractivity contribution in [3.8, 4) is 11.5 Å². The number of ether oxygens (including phenoxy) is 1. The number of carbonyl (C=O) groups excluding carboxylic acids is 1. The summed E-state index contributed by atoms with van der Waals surface area (Å²) in [5.41, 5.74) is 3.48. The van der Waals surface area contributed by atoms with Crippen molar-refractivity contribution in [2.45, 2.75) is 26.4 Å². The maximum atomic E-state index is 11.8. The molecule has 0 saturated carbocycles. The highest BCUT2D eigenvalue weighted by molar-refractivity contribution is 6.35. The molecule has 0 fully saturated rings. The van der Waals surface area contributed by atoms with Gasteiger partial charge in [0.15, 0.2) is 0 Å². The number of aliphatic hydroxyl groups excluding tert-OH is 1. The zero-order chi connectivity index (χ0) is 19.8. The van der Waals surface area contributed by atoms with E-state index in [0.717, 1.165) is 0 Å². The van der Waals surface area contributed by atoms with Crippen LogP contribution in [0.4, 0.5) is 0 Å². The van der Waals surface area contributed by atoms with Gasteiger partial charge < -0.3 is 14.9 Å². The Morgan fingerprint density at radius 1 is 1.41 bits per heavy atom. The number of rotatable bonds is 8. The highest BCUT2D eigenvalue weighted by atomic mass is 35.5. The Balaban J connectivity index is 1.80. The van der Waals surface area contributed by atoms with Crippen LogP contribution in [-0.2, 0) is 11.4 Å². The Morgan fingerprint density at radius 3 is 2.89 bits per heavy atom. The number of aliphatic hydroxyl groups is 1. The number of halogens is 2. The third-order valence-corrected chi connectivity index (χ3v) is 4.14. The van der Waals surface area contributed by atoms with E-state index in [2.05, 4.69) is 15.5 Å². The minimum atomic E-state index is -0.312. The molecule has 3 N–H and O–H groups in total. The number of pyridine rings is 1. The van der Waals surface area contributed by atoms with Crippen molar-refractivity contribution >= 4 is 35.3 Å². The van der Waals surface area contributed by atoms with Gasteiger partial charge in [-0.3, -0.25) is 9.78 Å². The van der Waals surface area contributed by atoms with Crippen LogP contribution in [0.3, 0.4) is 0 Å². The van der Waals surface area contributed by atoms with Crippen LogP contribution in [0.25, 0.3) is 0 Å². The highest BCUT2D eigenvalue weighted by Crippen LogP contribution is 2.27. The minimum absolute atomic E-state index is 0.0900. The summed E-state index contributed by atoms with van der Waals surface area (Å²) in [6.07, 6.45) is 3.37. The Morgan fingerprint density at radius 2 is 2.19 bits per heavy atom. The van der Waals surface area contributed by atoms with E-state index in [9.17, 15) is 15.0 Å². The lowest BCUT2D eigenvalue weighted by molar-refractivity contribution is -0.121. The van der Waals surface area contributed by atoms with E-state index in [1.807, 2.05) is 0 Å². The molecular formula is C18H19Cl2N3O4. The molecule has 1 aromatic carbocycles. The van der Waals surface area contributed by atoms with Gasteiger partial charge in [0.05, 0.1) is 30.1 Å². The van der Waals surface area contributed by atoms with Crippen molar-refractivity contribution in [2.75, 3.05) is 6.61 Å². The van der Waals surface area contributed by atoms with Gasteiger partial charge in [-0.05, 0) is 31.5 Å². The predicted octanol–water partition coefficient (Wildman–Crippen LogP) is 3.20. The van der Waals surface area contributed by atoms with E-state index in [1.54, 1.807) is 25.1 Å². The fraction of sp³-hybridized carbons (Fsp3) is 0.278. The summed E-state index contributed by atoms with van der Waals surface area (Å²) in [4.78, 5) is 15.8. The molecule has 0 atom stereocenters. The van der Waals surface area contributed by atoms with Crippen molar-refractivity contribution < 1.29 is 19.7 Å². The summed E-state index contributed by atoms with van der Waals surface area (Å²) in [5, 5.41) is 24.0. The van der Waals surface area contributed by atoms with Crippen LogP contribution in [0.2, 0.25) is 10.0 Å². The number of aromatic hydroxyl groups is 1. The van der Waals surface area contributed by atoms with Crippen molar-refractivity contribution in [1.29, 1.82) is 0 Å². The third-order valence-electron chi connectivity index (χ3n) is 3.61. The number of nitrogens with zero attached hydrogens (tertiary/aromatic N) is 2. The predicted molar refractivity (Wildman–Crippen MR) is 103 cm³/mol. The molecule has 0 bridgehead atoms. The number of nitrogens with one attached hydrogen (secondary N) is 1. The average Bonchev–Trinajstić information content (AvgIpc) is 2.64. The number of amides is 1. The van der Waals surface area contributed by atoms with Gasteiger partial charge in [0.2, 0.25) is 5.91 Å². The molecule has 2 rings (SSSR count). The van der Waals surface area contributed by atoms with Gasteiger partial charge in [0, 0.05) is 28.8 Å². The summed E-state index contributed by atoms with van der Waals surface area (Å²) >= 11 is 11.8. The molecule has 9 heteroatoms. The van der Waals surface area contributed by atoms with Gasteiger partial charge in [0.1, 0.15) is 11.5 Å². The number of hydrazone groups is 1. The Labute approximate surface area is 166 Å². The summed E-state index contributed by atoms with van der Waals surface area (Å²) in [6, 6.07) is 4.91. The average molecular weight is 412 g/mol. The number of hydrogen-bond acceptors (Lipinski definition) is 6. The van der Waals surface area contributed by atoms with Gasteiger partial charge in [-0.25, -0.2) is 5.43 Å². The molecule has 1 amide bonds. The SMILES string of the molecule is Cc1ncc(CO)c(/C=N/NC(=O)CCCOc2ccc(Cl)cc2Cl)c1O. The molecule has 0 saturated heterocycles. The highest BCUT2D eigenvalue weighted by Gasteiger charge is 2.09. The first kappa shape index (κ1) is 21.0. The lowest BCUT2D eigenvalue weighted by Crippen LogP contribution is -2.18. The molecule has 0 unspecified atom stereocenters. The Bertz CT molecular complexity index is 844. The molecule has 1 aromatic heterocycles. The van der Waals surface area contributed by atoms with E-state index in [4.69, 9.17) is 27.9 Å². The van der Waals surface area contributed by atoms with Gasteiger partial charge in [0.25, 0.3) is 0 Å². The molecule has 0 radical (unpaired) electrons. The van der Waals surface area contributed by atoms with Crippen LogP contribution in [0.15, 0.2) is 29.5 Å². The lowest BCUT2D eigenvalue weighted by Gasteiger charge is -2.08. The van der Waals surface area contributed by atoms with E-state index in [-0.39, 0.29) is 24.7 Å². The second-order valence-corrected chi connectivity index (χ2v) is 6.45. The van der Waals surface area contributed by atoms with Crippen LogP contribution >= 0.6 is 23.2 Å². The maximum Gasteiger partial charge on any atom is 0.240 e. The quantitative estimate of drug-likeness (QED) is 0.351. The first-order valence-electron chi connectivity index (χ1n) is 8.10. The molecule has 27 heavy (non-hydrogen) atoms. The van der Waals surface area contributed by atoms with E-state index >= 15 is 0 Å². The number of aryl methyl sites for hydroxylation is 1. The zero-order valence-corrected chi connectivity index (χ0v) is 16.1. The first-order valence-corrected chi connectivity index (χ1v) is 8.86. The standard InChI is InChI=1S/C18H19Cl2N3O4/c1-11-18(26)14(12(10-24)8-21-11)9-22-23-17(25)3-2-6-27-16-5-4-13(19)7-15(16)20/h4-5,7-9,24,26H,2-3,6,10H2,1H3,(H,23,25)/b22-9+. The van der Waals surface area contributed by atoms with Crippen molar-refractivity contribution in [3.05, 3.63) is 51.3 Å².